The standard InChI is InChI=1S/C14H17N3O/c1-9(15)8-17-14-11(7-16-17)3-2-10-4-5-12(18)6-13(10)14/h4-7,9,18H,2-3,8,15H2,1H3. The second-order valence-electron chi connectivity index (χ2n) is 5.02. The smallest absolute Gasteiger partial charge is 0.116 e. The summed E-state index contributed by atoms with van der Waals surface area (Å²) in [5.74, 6) is 0.301. The van der Waals surface area contributed by atoms with Gasteiger partial charge in [0.2, 0.25) is 0 Å². The summed E-state index contributed by atoms with van der Waals surface area (Å²) in [5.41, 5.74) is 10.6. The van der Waals surface area contributed by atoms with Gasteiger partial charge in [-0.2, -0.15) is 5.10 Å². The minimum atomic E-state index is 0.0664. The van der Waals surface area contributed by atoms with Crippen LogP contribution in [-0.4, -0.2) is 20.9 Å². The summed E-state index contributed by atoms with van der Waals surface area (Å²) in [7, 11) is 0. The quantitative estimate of drug-likeness (QED) is 0.843. The molecule has 1 unspecified atom stereocenters. The van der Waals surface area contributed by atoms with Crippen LogP contribution >= 0.6 is 0 Å². The molecule has 94 valence electrons. The lowest BCUT2D eigenvalue weighted by Gasteiger charge is -2.19. The highest BCUT2D eigenvalue weighted by Gasteiger charge is 2.21. The first-order chi connectivity index (χ1) is 8.65. The molecule has 3 N–H and O–H groups in total. The second kappa shape index (κ2) is 4.14. The summed E-state index contributed by atoms with van der Waals surface area (Å²) >= 11 is 0. The molecule has 0 bridgehead atoms. The maximum Gasteiger partial charge on any atom is 0.116 e. The highest BCUT2D eigenvalue weighted by Crippen LogP contribution is 2.35. The third-order valence-electron chi connectivity index (χ3n) is 3.39. The Balaban J connectivity index is 2.14. The van der Waals surface area contributed by atoms with Crippen LogP contribution in [0.5, 0.6) is 5.75 Å². The van der Waals surface area contributed by atoms with Crippen LogP contribution < -0.4 is 5.73 Å². The number of hydrogen-bond donors (Lipinski definition) is 2. The zero-order valence-electron chi connectivity index (χ0n) is 10.4. The minimum Gasteiger partial charge on any atom is -0.508 e. The van der Waals surface area contributed by atoms with Crippen LogP contribution in [-0.2, 0) is 19.4 Å². The van der Waals surface area contributed by atoms with E-state index in [0.717, 1.165) is 24.1 Å². The number of aromatic nitrogens is 2. The summed E-state index contributed by atoms with van der Waals surface area (Å²) < 4.78 is 1.96. The normalized spacial score (nSPS) is 15.0. The molecule has 4 heteroatoms. The maximum atomic E-state index is 9.67. The molecule has 0 fully saturated rings. The Bertz CT molecular complexity index is 587. The average molecular weight is 243 g/mol. The predicted molar refractivity (Wildman–Crippen MR) is 70.4 cm³/mol. The van der Waals surface area contributed by atoms with E-state index in [1.807, 2.05) is 29.9 Å². The van der Waals surface area contributed by atoms with Crippen molar-refractivity contribution in [3.8, 4) is 17.0 Å². The number of phenolic OH excluding ortho intramolecular Hbond substituents is 1. The third-order valence-corrected chi connectivity index (χ3v) is 3.39. The van der Waals surface area contributed by atoms with Crippen molar-refractivity contribution in [2.45, 2.75) is 32.4 Å². The number of nitrogens with zero attached hydrogens (tertiary/aromatic N) is 2. The van der Waals surface area contributed by atoms with Crippen molar-refractivity contribution in [2.75, 3.05) is 0 Å². The summed E-state index contributed by atoms with van der Waals surface area (Å²) in [4.78, 5) is 0. The number of fused-ring (bicyclic) bond motifs is 3. The van der Waals surface area contributed by atoms with Gasteiger partial charge < -0.3 is 10.8 Å². The Morgan fingerprint density at radius 3 is 2.94 bits per heavy atom. The van der Waals surface area contributed by atoms with Crippen LogP contribution in [0.25, 0.3) is 11.3 Å². The molecule has 1 aliphatic rings. The van der Waals surface area contributed by atoms with Crippen molar-refractivity contribution in [1.82, 2.24) is 9.78 Å². The molecule has 2 aromatic rings. The van der Waals surface area contributed by atoms with Gasteiger partial charge in [-0.3, -0.25) is 4.68 Å². The van der Waals surface area contributed by atoms with Crippen LogP contribution in [0.1, 0.15) is 18.1 Å². The van der Waals surface area contributed by atoms with E-state index >= 15 is 0 Å². The lowest BCUT2D eigenvalue weighted by atomic mass is 9.90. The molecule has 0 spiro atoms. The number of aromatic hydroxyl groups is 1. The van der Waals surface area contributed by atoms with Crippen molar-refractivity contribution in [2.24, 2.45) is 5.73 Å². The van der Waals surface area contributed by atoms with Gasteiger partial charge in [0, 0.05) is 11.6 Å². The van der Waals surface area contributed by atoms with Gasteiger partial charge in [0.1, 0.15) is 5.75 Å². The lowest BCUT2D eigenvalue weighted by molar-refractivity contribution is 0.475. The van der Waals surface area contributed by atoms with Crippen LogP contribution in [0, 0.1) is 0 Å². The predicted octanol–water partition coefficient (Wildman–Crippen LogP) is 1.70. The molecule has 1 aromatic carbocycles. The molecule has 0 aliphatic heterocycles. The van der Waals surface area contributed by atoms with E-state index < -0.39 is 0 Å². The number of rotatable bonds is 2. The van der Waals surface area contributed by atoms with Crippen molar-refractivity contribution < 1.29 is 5.11 Å². The molecule has 18 heavy (non-hydrogen) atoms. The average Bonchev–Trinajstić information content (AvgIpc) is 2.72. The van der Waals surface area contributed by atoms with Crippen molar-refractivity contribution in [3.63, 3.8) is 0 Å². The van der Waals surface area contributed by atoms with Gasteiger partial charge >= 0.3 is 0 Å². The van der Waals surface area contributed by atoms with Gasteiger partial charge in [-0.25, -0.2) is 0 Å². The van der Waals surface area contributed by atoms with E-state index in [1.165, 1.54) is 11.1 Å². The molecule has 4 nitrogen and oxygen atoms in total. The van der Waals surface area contributed by atoms with E-state index in [9.17, 15) is 5.11 Å². The monoisotopic (exact) mass is 243 g/mol. The molecule has 0 radical (unpaired) electrons. The largest absolute Gasteiger partial charge is 0.508 e. The lowest BCUT2D eigenvalue weighted by Crippen LogP contribution is -2.23. The minimum absolute atomic E-state index is 0.0664. The molecule has 1 aromatic heterocycles. The van der Waals surface area contributed by atoms with Crippen molar-refractivity contribution in [1.29, 1.82) is 0 Å². The first-order valence-electron chi connectivity index (χ1n) is 6.27. The van der Waals surface area contributed by atoms with Crippen LogP contribution in [0.2, 0.25) is 0 Å². The summed E-state index contributed by atoms with van der Waals surface area (Å²) in [6.45, 7) is 2.67. The van der Waals surface area contributed by atoms with Gasteiger partial charge in [0.15, 0.2) is 0 Å². The van der Waals surface area contributed by atoms with Gasteiger partial charge in [0.05, 0.1) is 18.4 Å². The van der Waals surface area contributed by atoms with Crippen LogP contribution in [0.3, 0.4) is 0 Å². The van der Waals surface area contributed by atoms with Gasteiger partial charge in [0.25, 0.3) is 0 Å². The SMILES string of the molecule is CC(N)Cn1ncc2c1-c1cc(O)ccc1CC2. The summed E-state index contributed by atoms with van der Waals surface area (Å²) in [5, 5.41) is 14.1. The summed E-state index contributed by atoms with van der Waals surface area (Å²) in [6, 6.07) is 5.64. The van der Waals surface area contributed by atoms with Crippen LogP contribution in [0.4, 0.5) is 0 Å². The molecule has 3 rings (SSSR count). The molecule has 0 saturated heterocycles. The Hall–Kier alpha value is -1.81. The van der Waals surface area contributed by atoms with E-state index in [0.29, 0.717) is 12.3 Å². The third kappa shape index (κ3) is 1.78. The highest BCUT2D eigenvalue weighted by molar-refractivity contribution is 5.71. The fourth-order valence-electron chi connectivity index (χ4n) is 2.60. The molecule has 1 atom stereocenters. The molecule has 1 heterocycles. The van der Waals surface area contributed by atoms with E-state index in [-0.39, 0.29) is 6.04 Å². The number of benzene rings is 1. The van der Waals surface area contributed by atoms with E-state index in [4.69, 9.17) is 5.73 Å². The summed E-state index contributed by atoms with van der Waals surface area (Å²) in [6.07, 6.45) is 3.93. The number of nitrogens with two attached hydrogens (primary N) is 1. The molecule has 1 aliphatic carbocycles. The first-order valence-corrected chi connectivity index (χ1v) is 6.27. The highest BCUT2D eigenvalue weighted by atomic mass is 16.3. The van der Waals surface area contributed by atoms with Gasteiger partial charge in [-0.05, 0) is 43.0 Å². The Labute approximate surface area is 106 Å². The first kappa shape index (κ1) is 11.3. The van der Waals surface area contributed by atoms with Crippen molar-refractivity contribution in [3.05, 3.63) is 35.5 Å². The van der Waals surface area contributed by atoms with Gasteiger partial charge in [-0.15, -0.1) is 0 Å². The molecule has 0 amide bonds. The molecule has 0 saturated carbocycles. The number of phenols is 1. The van der Waals surface area contributed by atoms with Gasteiger partial charge in [-0.1, -0.05) is 6.07 Å². The zero-order chi connectivity index (χ0) is 12.7. The second-order valence-corrected chi connectivity index (χ2v) is 5.02. The Morgan fingerprint density at radius 2 is 2.17 bits per heavy atom. The maximum absolute atomic E-state index is 9.67. The fraction of sp³-hybridized carbons (Fsp3) is 0.357. The zero-order valence-corrected chi connectivity index (χ0v) is 10.4. The van der Waals surface area contributed by atoms with Crippen molar-refractivity contribution >= 4 is 0 Å². The number of hydrogen-bond acceptors (Lipinski definition) is 3. The van der Waals surface area contributed by atoms with E-state index in [2.05, 4.69) is 5.10 Å². The van der Waals surface area contributed by atoms with Crippen LogP contribution in [0.15, 0.2) is 24.4 Å². The Kier molecular flexibility index (Phi) is 2.59. The molecular weight excluding hydrogens is 226 g/mol. The topological polar surface area (TPSA) is 64.1 Å². The Morgan fingerprint density at radius 1 is 1.39 bits per heavy atom. The van der Waals surface area contributed by atoms with E-state index in [1.54, 1.807) is 6.07 Å². The molecular formula is C14H17N3O. The fourth-order valence-corrected chi connectivity index (χ4v) is 2.60. The number of aryl methyl sites for hydroxylation is 2.